The number of amides is 2. The van der Waals surface area contributed by atoms with Crippen LogP contribution in [0.1, 0.15) is 37.7 Å². The second kappa shape index (κ2) is 9.68. The number of pyridine rings is 1. The average Bonchev–Trinajstić information content (AvgIpc) is 3.32. The van der Waals surface area contributed by atoms with Crippen molar-refractivity contribution < 1.29 is 9.59 Å². The predicted octanol–water partition coefficient (Wildman–Crippen LogP) is 4.34. The molecule has 2 amide bonds. The molecule has 2 aliphatic rings. The van der Waals surface area contributed by atoms with Gasteiger partial charge in [-0.1, -0.05) is 42.5 Å². The van der Waals surface area contributed by atoms with E-state index in [9.17, 15) is 9.59 Å². The van der Waals surface area contributed by atoms with Crippen molar-refractivity contribution in [3.63, 3.8) is 0 Å². The highest BCUT2D eigenvalue weighted by molar-refractivity contribution is 5.85. The van der Waals surface area contributed by atoms with Crippen LogP contribution in [0.4, 0.5) is 0 Å². The van der Waals surface area contributed by atoms with Crippen LogP contribution in [0, 0.1) is 11.3 Å². The first-order valence-electron chi connectivity index (χ1n) is 11.6. The highest BCUT2D eigenvalue weighted by atomic mass is 16.2. The van der Waals surface area contributed by atoms with Crippen LogP contribution in [-0.2, 0) is 16.0 Å². The molecule has 32 heavy (non-hydrogen) atoms. The fourth-order valence-electron chi connectivity index (χ4n) is 5.22. The number of likely N-dealkylation sites (tertiary alicyclic amines) is 1. The summed E-state index contributed by atoms with van der Waals surface area (Å²) in [7, 11) is 3.64. The summed E-state index contributed by atoms with van der Waals surface area (Å²) in [6, 6.07) is 12.4. The molecule has 0 saturated carbocycles. The molecule has 1 aliphatic heterocycles. The normalized spacial score (nSPS) is 22.7. The standard InChI is InChI=1S/C27H33N3O2/c1-29(2)26(32)27(13-7-15-30(20-27)25(31)17-21-8-3-4-9-21)18-22-10-5-11-23(16-22)24-12-6-14-28-19-24/h3,5-6,8,10-12,14,16,19,21H,4,7,9,13,15,17-18,20H2,1-2H3/t21-,27+/m0/s1. The molecule has 1 aromatic heterocycles. The van der Waals surface area contributed by atoms with E-state index in [4.69, 9.17) is 0 Å². The van der Waals surface area contributed by atoms with Crippen LogP contribution in [-0.4, -0.2) is 53.8 Å². The van der Waals surface area contributed by atoms with Gasteiger partial charge in [0.1, 0.15) is 0 Å². The van der Waals surface area contributed by atoms with Crippen LogP contribution in [0.25, 0.3) is 11.1 Å². The van der Waals surface area contributed by atoms with Gasteiger partial charge in [0, 0.05) is 46.0 Å². The molecule has 1 fully saturated rings. The first-order chi connectivity index (χ1) is 15.5. The number of carbonyl (C=O) groups excluding carboxylic acids is 2. The van der Waals surface area contributed by atoms with Gasteiger partial charge in [0.05, 0.1) is 5.41 Å². The zero-order valence-corrected chi connectivity index (χ0v) is 19.2. The molecular weight excluding hydrogens is 398 g/mol. The Kier molecular flexibility index (Phi) is 6.73. The molecule has 5 nitrogen and oxygen atoms in total. The first kappa shape index (κ1) is 22.3. The van der Waals surface area contributed by atoms with Crippen LogP contribution >= 0.6 is 0 Å². The molecule has 1 aliphatic carbocycles. The quantitative estimate of drug-likeness (QED) is 0.639. The highest BCUT2D eigenvalue weighted by Crippen LogP contribution is 2.37. The molecule has 168 valence electrons. The molecule has 2 atom stereocenters. The van der Waals surface area contributed by atoms with E-state index in [1.807, 2.05) is 43.4 Å². The van der Waals surface area contributed by atoms with Gasteiger partial charge in [-0.15, -0.1) is 0 Å². The number of benzene rings is 1. The van der Waals surface area contributed by atoms with Crippen molar-refractivity contribution in [2.75, 3.05) is 27.2 Å². The molecule has 2 aromatic rings. The fraction of sp³-hybridized carbons (Fsp3) is 0.444. The lowest BCUT2D eigenvalue weighted by atomic mass is 9.73. The monoisotopic (exact) mass is 431 g/mol. The van der Waals surface area contributed by atoms with Gasteiger partial charge in [-0.2, -0.15) is 0 Å². The Labute approximate surface area is 191 Å². The minimum absolute atomic E-state index is 0.113. The number of carbonyl (C=O) groups is 2. The van der Waals surface area contributed by atoms with Gasteiger partial charge < -0.3 is 9.80 Å². The van der Waals surface area contributed by atoms with E-state index in [1.165, 1.54) is 0 Å². The van der Waals surface area contributed by atoms with Crippen molar-refractivity contribution in [3.05, 3.63) is 66.5 Å². The van der Waals surface area contributed by atoms with Crippen LogP contribution in [0.3, 0.4) is 0 Å². The van der Waals surface area contributed by atoms with E-state index >= 15 is 0 Å². The van der Waals surface area contributed by atoms with Gasteiger partial charge >= 0.3 is 0 Å². The topological polar surface area (TPSA) is 53.5 Å². The summed E-state index contributed by atoms with van der Waals surface area (Å²) in [6.45, 7) is 1.24. The third-order valence-electron chi connectivity index (χ3n) is 6.80. The molecule has 0 spiro atoms. The van der Waals surface area contributed by atoms with E-state index in [-0.39, 0.29) is 11.8 Å². The molecular formula is C27H33N3O2. The summed E-state index contributed by atoms with van der Waals surface area (Å²) in [5, 5.41) is 0. The minimum Gasteiger partial charge on any atom is -0.348 e. The van der Waals surface area contributed by atoms with E-state index in [0.29, 0.717) is 25.3 Å². The van der Waals surface area contributed by atoms with Crippen LogP contribution in [0.15, 0.2) is 60.9 Å². The van der Waals surface area contributed by atoms with Crippen molar-refractivity contribution in [1.82, 2.24) is 14.8 Å². The third-order valence-corrected chi connectivity index (χ3v) is 6.80. The first-order valence-corrected chi connectivity index (χ1v) is 11.6. The fourth-order valence-corrected chi connectivity index (χ4v) is 5.22. The summed E-state index contributed by atoms with van der Waals surface area (Å²) >= 11 is 0. The summed E-state index contributed by atoms with van der Waals surface area (Å²) < 4.78 is 0. The van der Waals surface area contributed by atoms with Crippen LogP contribution < -0.4 is 0 Å². The smallest absolute Gasteiger partial charge is 0.230 e. The summed E-state index contributed by atoms with van der Waals surface area (Å²) in [4.78, 5) is 34.4. The van der Waals surface area contributed by atoms with E-state index in [0.717, 1.165) is 48.9 Å². The maximum absolute atomic E-state index is 13.5. The van der Waals surface area contributed by atoms with Crippen molar-refractivity contribution in [2.24, 2.45) is 11.3 Å². The SMILES string of the molecule is CN(C)C(=O)[C@@]1(Cc2cccc(-c3cccnc3)c2)CCCN(C(=O)C[C@H]2C=CCC2)C1. The zero-order chi connectivity index (χ0) is 22.6. The summed E-state index contributed by atoms with van der Waals surface area (Å²) in [5.74, 6) is 0.642. The van der Waals surface area contributed by atoms with E-state index < -0.39 is 5.41 Å². The molecule has 4 rings (SSSR count). The summed E-state index contributed by atoms with van der Waals surface area (Å²) in [5.41, 5.74) is 2.69. The number of rotatable bonds is 6. The molecule has 1 aromatic carbocycles. The maximum Gasteiger partial charge on any atom is 0.230 e. The number of piperidine rings is 1. The van der Waals surface area contributed by atoms with Gasteiger partial charge in [-0.05, 0) is 60.8 Å². The average molecular weight is 432 g/mol. The van der Waals surface area contributed by atoms with E-state index in [2.05, 4.69) is 35.3 Å². The molecule has 1 saturated heterocycles. The molecule has 0 radical (unpaired) electrons. The Morgan fingerprint density at radius 3 is 2.75 bits per heavy atom. The van der Waals surface area contributed by atoms with Crippen molar-refractivity contribution in [2.45, 2.75) is 38.5 Å². The number of hydrogen-bond acceptors (Lipinski definition) is 3. The molecule has 0 N–H and O–H groups in total. The lowest BCUT2D eigenvalue weighted by Gasteiger charge is -2.43. The second-order valence-electron chi connectivity index (χ2n) is 9.49. The Hall–Kier alpha value is -2.95. The van der Waals surface area contributed by atoms with Gasteiger partial charge in [0.2, 0.25) is 11.8 Å². The maximum atomic E-state index is 13.5. The minimum atomic E-state index is -0.587. The number of aromatic nitrogens is 1. The highest BCUT2D eigenvalue weighted by Gasteiger charge is 2.44. The van der Waals surface area contributed by atoms with Crippen LogP contribution in [0.5, 0.6) is 0 Å². The molecule has 0 unspecified atom stereocenters. The Bertz CT molecular complexity index is 985. The Morgan fingerprint density at radius 1 is 1.19 bits per heavy atom. The second-order valence-corrected chi connectivity index (χ2v) is 9.49. The van der Waals surface area contributed by atoms with Crippen molar-refractivity contribution in [3.8, 4) is 11.1 Å². The molecule has 2 heterocycles. The predicted molar refractivity (Wildman–Crippen MR) is 127 cm³/mol. The van der Waals surface area contributed by atoms with Gasteiger partial charge in [0.25, 0.3) is 0 Å². The number of nitrogens with zero attached hydrogens (tertiary/aromatic N) is 3. The van der Waals surface area contributed by atoms with Crippen molar-refractivity contribution in [1.29, 1.82) is 0 Å². The zero-order valence-electron chi connectivity index (χ0n) is 19.2. The van der Waals surface area contributed by atoms with Gasteiger partial charge in [-0.25, -0.2) is 0 Å². The summed E-state index contributed by atoms with van der Waals surface area (Å²) in [6.07, 6.45) is 12.9. The van der Waals surface area contributed by atoms with Gasteiger partial charge in [-0.3, -0.25) is 14.6 Å². The largest absolute Gasteiger partial charge is 0.348 e. The third kappa shape index (κ3) is 4.93. The number of hydrogen-bond donors (Lipinski definition) is 0. The molecule has 0 bridgehead atoms. The van der Waals surface area contributed by atoms with Crippen molar-refractivity contribution >= 4 is 11.8 Å². The lowest BCUT2D eigenvalue weighted by Crippen LogP contribution is -2.54. The number of allylic oxidation sites excluding steroid dienone is 2. The lowest BCUT2D eigenvalue weighted by molar-refractivity contribution is -0.147. The molecule has 5 heteroatoms. The van der Waals surface area contributed by atoms with Crippen LogP contribution in [0.2, 0.25) is 0 Å². The van der Waals surface area contributed by atoms with Gasteiger partial charge in [0.15, 0.2) is 0 Å². The Morgan fingerprint density at radius 2 is 2.03 bits per heavy atom. The van der Waals surface area contributed by atoms with E-state index in [1.54, 1.807) is 11.1 Å². The Balaban J connectivity index is 1.57.